The zero-order valence-corrected chi connectivity index (χ0v) is 17.3. The largest absolute Gasteiger partial charge is 0.341 e. The van der Waals surface area contributed by atoms with E-state index in [0.717, 1.165) is 43.7 Å². The zero-order valence-electron chi connectivity index (χ0n) is 17.3. The van der Waals surface area contributed by atoms with Gasteiger partial charge in [0.05, 0.1) is 5.69 Å². The lowest BCUT2D eigenvalue weighted by molar-refractivity contribution is 0.347. The third-order valence-electron chi connectivity index (χ3n) is 5.56. The summed E-state index contributed by atoms with van der Waals surface area (Å²) >= 11 is 0. The van der Waals surface area contributed by atoms with Gasteiger partial charge in [0.25, 0.3) is 5.56 Å². The van der Waals surface area contributed by atoms with E-state index in [1.165, 1.54) is 32.1 Å². The first-order valence-corrected chi connectivity index (χ1v) is 10.3. The number of nitrogens with one attached hydrogen (secondary N) is 1. The molecule has 150 valence electrons. The van der Waals surface area contributed by atoms with Gasteiger partial charge >= 0.3 is 0 Å². The fourth-order valence-corrected chi connectivity index (χ4v) is 4.08. The van der Waals surface area contributed by atoms with Gasteiger partial charge in [-0.15, -0.1) is 0 Å². The lowest BCUT2D eigenvalue weighted by Crippen LogP contribution is -2.38. The Bertz CT molecular complexity index is 803. The van der Waals surface area contributed by atoms with Crippen LogP contribution in [0.25, 0.3) is 11.0 Å². The van der Waals surface area contributed by atoms with E-state index in [4.69, 9.17) is 4.98 Å². The summed E-state index contributed by atoms with van der Waals surface area (Å²) in [6, 6.07) is 0. The first kappa shape index (κ1) is 19.9. The van der Waals surface area contributed by atoms with Crippen molar-refractivity contribution >= 4 is 17.0 Å². The molecular weight excluding hydrogens is 340 g/mol. The van der Waals surface area contributed by atoms with Crippen LogP contribution in [0.15, 0.2) is 4.79 Å². The summed E-state index contributed by atoms with van der Waals surface area (Å²) in [7, 11) is 5.99. The first-order chi connectivity index (χ1) is 13.0. The third kappa shape index (κ3) is 4.69. The highest BCUT2D eigenvalue weighted by Crippen LogP contribution is 2.26. The zero-order chi connectivity index (χ0) is 19.4. The molecule has 0 atom stereocenters. The molecule has 0 saturated heterocycles. The summed E-state index contributed by atoms with van der Waals surface area (Å²) < 4.78 is 1.67. The first-order valence-electron chi connectivity index (χ1n) is 10.3. The van der Waals surface area contributed by atoms with E-state index in [1.54, 1.807) is 4.68 Å². The van der Waals surface area contributed by atoms with Crippen LogP contribution in [0.3, 0.4) is 0 Å². The molecule has 0 spiro atoms. The van der Waals surface area contributed by atoms with Crippen molar-refractivity contribution in [3.8, 4) is 0 Å². The highest BCUT2D eigenvalue weighted by Gasteiger charge is 2.21. The number of aromatic nitrogens is 4. The number of hydrogen-bond donors (Lipinski definition) is 1. The molecule has 1 fully saturated rings. The van der Waals surface area contributed by atoms with Crippen molar-refractivity contribution < 1.29 is 0 Å². The van der Waals surface area contributed by atoms with Gasteiger partial charge in [0, 0.05) is 26.7 Å². The van der Waals surface area contributed by atoms with Crippen molar-refractivity contribution in [3.05, 3.63) is 16.0 Å². The van der Waals surface area contributed by atoms with E-state index in [9.17, 15) is 4.79 Å². The van der Waals surface area contributed by atoms with Crippen LogP contribution >= 0.6 is 0 Å². The molecule has 1 N–H and O–H groups in total. The maximum atomic E-state index is 12.8. The molecule has 27 heavy (non-hydrogen) atoms. The van der Waals surface area contributed by atoms with Gasteiger partial charge in [0.15, 0.2) is 5.52 Å². The van der Waals surface area contributed by atoms with Gasteiger partial charge in [-0.1, -0.05) is 32.6 Å². The van der Waals surface area contributed by atoms with Crippen molar-refractivity contribution in [2.24, 2.45) is 13.0 Å². The second kappa shape index (κ2) is 8.87. The number of hydrogen-bond acceptors (Lipinski definition) is 5. The fourth-order valence-electron chi connectivity index (χ4n) is 4.08. The Morgan fingerprint density at radius 1 is 1.19 bits per heavy atom. The molecule has 1 aliphatic carbocycles. The summed E-state index contributed by atoms with van der Waals surface area (Å²) in [5.74, 6) is 1.39. The Labute approximate surface area is 161 Å². The molecule has 0 aromatic carbocycles. The number of aromatic amines is 1. The maximum Gasteiger partial charge on any atom is 0.278 e. The number of aryl methyl sites for hydroxylation is 2. The van der Waals surface area contributed by atoms with Crippen LogP contribution in [0.4, 0.5) is 5.95 Å². The average Bonchev–Trinajstić information content (AvgIpc) is 2.96. The lowest BCUT2D eigenvalue weighted by atomic mass is 9.89. The summed E-state index contributed by atoms with van der Waals surface area (Å²) in [6.07, 6.45) is 8.37. The van der Waals surface area contributed by atoms with Gasteiger partial charge in [-0.25, -0.2) is 4.98 Å². The van der Waals surface area contributed by atoms with E-state index in [0.29, 0.717) is 17.4 Å². The minimum Gasteiger partial charge on any atom is -0.341 e. The standard InChI is InChI=1S/C20H34N6O/c1-5-9-16-17-18(25(4)23-16)19(27)22-20(21-17)26(13-12-24(2)3)14-15-10-7-6-8-11-15/h15H,5-14H2,1-4H3,(H,21,22,27). The molecule has 0 bridgehead atoms. The summed E-state index contributed by atoms with van der Waals surface area (Å²) in [5.41, 5.74) is 2.17. The van der Waals surface area contributed by atoms with E-state index in [-0.39, 0.29) is 5.56 Å². The molecule has 0 aliphatic heterocycles. The minimum atomic E-state index is -0.0918. The average molecular weight is 375 g/mol. The van der Waals surface area contributed by atoms with Crippen molar-refractivity contribution in [2.75, 3.05) is 38.6 Å². The van der Waals surface area contributed by atoms with Gasteiger partial charge in [0.2, 0.25) is 5.95 Å². The Morgan fingerprint density at radius 3 is 2.59 bits per heavy atom. The Balaban J connectivity index is 1.95. The Kier molecular flexibility index (Phi) is 6.52. The molecule has 1 aliphatic rings. The van der Waals surface area contributed by atoms with Crippen LogP contribution in [0.1, 0.15) is 51.1 Å². The predicted octanol–water partition coefficient (Wildman–Crippen LogP) is 2.56. The van der Waals surface area contributed by atoms with Crippen LogP contribution in [0.2, 0.25) is 0 Å². The maximum absolute atomic E-state index is 12.8. The number of anilines is 1. The SMILES string of the molecule is CCCc1nn(C)c2c(=O)[nH]c(N(CCN(C)C)CC3CCCCC3)nc12. The smallest absolute Gasteiger partial charge is 0.278 e. The number of rotatable bonds is 8. The number of likely N-dealkylation sites (N-methyl/N-ethyl adjacent to an activating group) is 1. The number of H-pyrrole nitrogens is 1. The molecule has 2 aromatic heterocycles. The van der Waals surface area contributed by atoms with Crippen LogP contribution in [0, 0.1) is 5.92 Å². The summed E-state index contributed by atoms with van der Waals surface area (Å²) in [4.78, 5) is 25.2. The van der Waals surface area contributed by atoms with Crippen LogP contribution in [-0.2, 0) is 13.5 Å². The topological polar surface area (TPSA) is 70.1 Å². The van der Waals surface area contributed by atoms with Crippen molar-refractivity contribution in [1.82, 2.24) is 24.6 Å². The summed E-state index contributed by atoms with van der Waals surface area (Å²) in [6.45, 7) is 4.89. The van der Waals surface area contributed by atoms with Gasteiger partial charge < -0.3 is 9.80 Å². The van der Waals surface area contributed by atoms with Gasteiger partial charge in [-0.2, -0.15) is 5.10 Å². The van der Waals surface area contributed by atoms with E-state index < -0.39 is 0 Å². The normalized spacial score (nSPS) is 15.7. The molecular formula is C20H34N6O. The van der Waals surface area contributed by atoms with Gasteiger partial charge in [-0.3, -0.25) is 14.5 Å². The molecule has 2 heterocycles. The molecule has 7 nitrogen and oxygen atoms in total. The van der Waals surface area contributed by atoms with Gasteiger partial charge in [0.1, 0.15) is 5.52 Å². The number of fused-ring (bicyclic) bond motifs is 1. The molecule has 0 amide bonds. The van der Waals surface area contributed by atoms with Crippen molar-refractivity contribution in [2.45, 2.75) is 51.9 Å². The van der Waals surface area contributed by atoms with Crippen LogP contribution in [-0.4, -0.2) is 58.4 Å². The predicted molar refractivity (Wildman–Crippen MR) is 110 cm³/mol. The quantitative estimate of drug-likeness (QED) is 0.769. The fraction of sp³-hybridized carbons (Fsp3) is 0.750. The monoisotopic (exact) mass is 374 g/mol. The Morgan fingerprint density at radius 2 is 1.93 bits per heavy atom. The van der Waals surface area contributed by atoms with Crippen LogP contribution in [0.5, 0.6) is 0 Å². The molecule has 3 rings (SSSR count). The molecule has 7 heteroatoms. The van der Waals surface area contributed by atoms with Crippen molar-refractivity contribution in [3.63, 3.8) is 0 Å². The Hall–Kier alpha value is -1.89. The van der Waals surface area contributed by atoms with Crippen molar-refractivity contribution in [1.29, 1.82) is 0 Å². The second-order valence-electron chi connectivity index (χ2n) is 8.16. The minimum absolute atomic E-state index is 0.0918. The number of nitrogens with zero attached hydrogens (tertiary/aromatic N) is 5. The highest BCUT2D eigenvalue weighted by atomic mass is 16.1. The molecule has 0 unspecified atom stereocenters. The highest BCUT2D eigenvalue weighted by molar-refractivity contribution is 5.77. The van der Waals surface area contributed by atoms with Crippen LogP contribution < -0.4 is 10.5 Å². The summed E-state index contributed by atoms with van der Waals surface area (Å²) in [5, 5.41) is 4.54. The second-order valence-corrected chi connectivity index (χ2v) is 8.16. The molecule has 1 saturated carbocycles. The third-order valence-corrected chi connectivity index (χ3v) is 5.56. The molecule has 0 radical (unpaired) electrons. The van der Waals surface area contributed by atoms with E-state index in [2.05, 4.69) is 40.9 Å². The van der Waals surface area contributed by atoms with E-state index >= 15 is 0 Å². The van der Waals surface area contributed by atoms with Gasteiger partial charge in [-0.05, 0) is 39.3 Å². The molecule has 2 aromatic rings. The van der Waals surface area contributed by atoms with E-state index in [1.807, 2.05) is 7.05 Å². The lowest BCUT2D eigenvalue weighted by Gasteiger charge is -2.31.